The quantitative estimate of drug-likeness (QED) is 0.813. The molecule has 0 amide bonds. The number of carbonyl (C=O) groups is 1. The van der Waals surface area contributed by atoms with E-state index in [9.17, 15) is 4.79 Å². The van der Waals surface area contributed by atoms with Crippen LogP contribution in [0.15, 0.2) is 36.4 Å². The Labute approximate surface area is 130 Å². The predicted molar refractivity (Wildman–Crippen MR) is 87.9 cm³/mol. The second-order valence-electron chi connectivity index (χ2n) is 5.22. The zero-order valence-electron chi connectivity index (χ0n) is 12.7. The van der Waals surface area contributed by atoms with Crippen molar-refractivity contribution in [3.05, 3.63) is 51.7 Å². The van der Waals surface area contributed by atoms with E-state index >= 15 is 0 Å². The van der Waals surface area contributed by atoms with E-state index in [0.717, 1.165) is 11.4 Å². The largest absolute Gasteiger partial charge is 0.469 e. The maximum absolute atomic E-state index is 11.3. The molecule has 2 rings (SSSR count). The highest BCUT2D eigenvalue weighted by Gasteiger charge is 2.08. The van der Waals surface area contributed by atoms with E-state index in [-0.39, 0.29) is 5.97 Å². The molecule has 0 aliphatic heterocycles. The van der Waals surface area contributed by atoms with E-state index in [4.69, 9.17) is 0 Å². The van der Waals surface area contributed by atoms with Crippen molar-refractivity contribution in [3.63, 3.8) is 0 Å². The number of esters is 1. The normalized spacial score (nSPS) is 10.7. The Balaban J connectivity index is 1.99. The topological polar surface area (TPSA) is 38.3 Å². The Hall–Kier alpha value is -1.81. The van der Waals surface area contributed by atoms with Crippen LogP contribution in [0.3, 0.4) is 0 Å². The van der Waals surface area contributed by atoms with Crippen LogP contribution in [0.25, 0.3) is 0 Å². The fraction of sp³-hybridized carbons (Fsp3) is 0.353. The van der Waals surface area contributed by atoms with Crippen molar-refractivity contribution in [1.29, 1.82) is 0 Å². The number of hydrogen-bond donors (Lipinski definition) is 1. The molecular weight excluding hydrogens is 282 g/mol. The summed E-state index contributed by atoms with van der Waals surface area (Å²) in [6.07, 6.45) is 0.351. The lowest BCUT2D eigenvalue weighted by molar-refractivity contribution is -0.139. The van der Waals surface area contributed by atoms with Crippen molar-refractivity contribution < 1.29 is 9.53 Å². The summed E-state index contributed by atoms with van der Waals surface area (Å²) in [6, 6.07) is 12.4. The van der Waals surface area contributed by atoms with E-state index in [1.807, 2.05) is 12.1 Å². The Bertz CT molecular complexity index is 604. The zero-order valence-corrected chi connectivity index (χ0v) is 13.5. The van der Waals surface area contributed by atoms with Crippen LogP contribution in [0.4, 0.5) is 5.69 Å². The molecule has 1 N–H and O–H groups in total. The van der Waals surface area contributed by atoms with Gasteiger partial charge in [-0.3, -0.25) is 4.79 Å². The number of anilines is 1. The molecule has 0 radical (unpaired) electrons. The lowest BCUT2D eigenvalue weighted by Crippen LogP contribution is -2.03. The number of thiophene rings is 1. The highest BCUT2D eigenvalue weighted by Crippen LogP contribution is 2.25. The smallest absolute Gasteiger partial charge is 0.310 e. The van der Waals surface area contributed by atoms with Crippen LogP contribution >= 0.6 is 11.3 Å². The molecule has 0 spiro atoms. The summed E-state index contributed by atoms with van der Waals surface area (Å²) in [7, 11) is 1.42. The zero-order chi connectivity index (χ0) is 15.2. The number of benzene rings is 1. The summed E-state index contributed by atoms with van der Waals surface area (Å²) in [5, 5.41) is 3.49. The fourth-order valence-electron chi connectivity index (χ4n) is 2.17. The van der Waals surface area contributed by atoms with E-state index in [1.54, 1.807) is 11.3 Å². The summed E-state index contributed by atoms with van der Waals surface area (Å²) in [5.41, 5.74) is 2.50. The van der Waals surface area contributed by atoms with Gasteiger partial charge in [-0.05, 0) is 29.7 Å². The molecule has 0 bridgehead atoms. The number of carbonyl (C=O) groups excluding carboxylic acids is 1. The van der Waals surface area contributed by atoms with Crippen LogP contribution < -0.4 is 5.32 Å². The average molecular weight is 303 g/mol. The molecule has 1 aromatic carbocycles. The molecule has 0 fully saturated rings. The average Bonchev–Trinajstić information content (AvgIpc) is 2.92. The summed E-state index contributed by atoms with van der Waals surface area (Å²) in [5.74, 6) is 0.299. The van der Waals surface area contributed by atoms with E-state index in [2.05, 4.69) is 48.2 Å². The molecule has 21 heavy (non-hydrogen) atoms. The lowest BCUT2D eigenvalue weighted by Gasteiger charge is -2.13. The highest BCUT2D eigenvalue weighted by atomic mass is 32.1. The number of hydrogen-bond acceptors (Lipinski definition) is 4. The number of ether oxygens (including phenoxy) is 1. The van der Waals surface area contributed by atoms with Gasteiger partial charge in [-0.1, -0.05) is 32.0 Å². The van der Waals surface area contributed by atoms with Crippen molar-refractivity contribution in [3.8, 4) is 0 Å². The molecule has 1 heterocycles. The second-order valence-corrected chi connectivity index (χ2v) is 6.47. The highest BCUT2D eigenvalue weighted by molar-refractivity contribution is 7.12. The fourth-order valence-corrected chi connectivity index (χ4v) is 3.11. The Kier molecular flexibility index (Phi) is 5.39. The number of para-hydroxylation sites is 1. The predicted octanol–water partition coefficient (Wildman–Crippen LogP) is 4.20. The third-order valence-corrected chi connectivity index (χ3v) is 4.38. The maximum Gasteiger partial charge on any atom is 0.310 e. The van der Waals surface area contributed by atoms with Crippen LogP contribution in [0.2, 0.25) is 0 Å². The first-order valence-corrected chi connectivity index (χ1v) is 7.89. The van der Waals surface area contributed by atoms with Crippen LogP contribution in [0.1, 0.15) is 35.1 Å². The Morgan fingerprint density at radius 3 is 2.62 bits per heavy atom. The van der Waals surface area contributed by atoms with Gasteiger partial charge in [0.15, 0.2) is 0 Å². The molecule has 0 aliphatic rings. The number of rotatable bonds is 6. The molecule has 0 saturated heterocycles. The van der Waals surface area contributed by atoms with Crippen LogP contribution in [-0.2, 0) is 22.5 Å². The van der Waals surface area contributed by atoms with Crippen molar-refractivity contribution in [2.24, 2.45) is 0 Å². The van der Waals surface area contributed by atoms with Gasteiger partial charge in [0.2, 0.25) is 0 Å². The van der Waals surface area contributed by atoms with Gasteiger partial charge in [0.25, 0.3) is 0 Å². The van der Waals surface area contributed by atoms with Gasteiger partial charge in [-0.25, -0.2) is 0 Å². The van der Waals surface area contributed by atoms with Gasteiger partial charge in [0.1, 0.15) is 0 Å². The second kappa shape index (κ2) is 7.27. The molecule has 0 unspecified atom stereocenters. The molecule has 0 atom stereocenters. The summed E-state index contributed by atoms with van der Waals surface area (Å²) in [6.45, 7) is 5.16. The number of nitrogens with one attached hydrogen (secondary N) is 1. The van der Waals surface area contributed by atoms with Crippen molar-refractivity contribution in [2.75, 3.05) is 12.4 Å². The van der Waals surface area contributed by atoms with Gasteiger partial charge >= 0.3 is 5.97 Å². The summed E-state index contributed by atoms with van der Waals surface area (Å²) < 4.78 is 4.69. The van der Waals surface area contributed by atoms with Crippen LogP contribution in [0.5, 0.6) is 0 Å². The van der Waals surface area contributed by atoms with E-state index in [1.165, 1.54) is 23.2 Å². The first kappa shape index (κ1) is 15.6. The Morgan fingerprint density at radius 2 is 1.90 bits per heavy atom. The number of methoxy groups -OCH3 is 1. The molecule has 0 saturated carbocycles. The molecular formula is C17H21NO2S. The molecule has 0 aliphatic carbocycles. The minimum Gasteiger partial charge on any atom is -0.469 e. The molecule has 2 aromatic rings. The van der Waals surface area contributed by atoms with Crippen LogP contribution in [-0.4, -0.2) is 13.1 Å². The van der Waals surface area contributed by atoms with Crippen LogP contribution in [0, 0.1) is 0 Å². The minimum atomic E-state index is -0.193. The SMILES string of the molecule is COC(=O)Cc1ccc(CNc2ccccc2C(C)C)s1. The van der Waals surface area contributed by atoms with Gasteiger partial charge in [0.05, 0.1) is 13.5 Å². The van der Waals surface area contributed by atoms with Crippen molar-refractivity contribution in [1.82, 2.24) is 0 Å². The van der Waals surface area contributed by atoms with Gasteiger partial charge in [-0.15, -0.1) is 11.3 Å². The van der Waals surface area contributed by atoms with Crippen molar-refractivity contribution in [2.45, 2.75) is 32.7 Å². The third-order valence-electron chi connectivity index (χ3n) is 3.30. The first-order chi connectivity index (χ1) is 10.1. The minimum absolute atomic E-state index is 0.193. The third kappa shape index (κ3) is 4.33. The first-order valence-electron chi connectivity index (χ1n) is 7.07. The standard InChI is InChI=1S/C17H21NO2S/c1-12(2)15-6-4-5-7-16(15)18-11-14-9-8-13(21-14)10-17(19)20-3/h4-9,12,18H,10-11H2,1-3H3. The monoisotopic (exact) mass is 303 g/mol. The molecule has 4 heteroatoms. The lowest BCUT2D eigenvalue weighted by atomic mass is 10.0. The maximum atomic E-state index is 11.3. The van der Waals surface area contributed by atoms with Gasteiger partial charge in [0, 0.05) is 22.0 Å². The van der Waals surface area contributed by atoms with E-state index < -0.39 is 0 Å². The molecule has 112 valence electrons. The van der Waals surface area contributed by atoms with Gasteiger partial charge < -0.3 is 10.1 Å². The molecule has 1 aromatic heterocycles. The van der Waals surface area contributed by atoms with Gasteiger partial charge in [-0.2, -0.15) is 0 Å². The summed E-state index contributed by atoms with van der Waals surface area (Å²) >= 11 is 1.65. The molecule has 3 nitrogen and oxygen atoms in total. The Morgan fingerprint density at radius 1 is 1.19 bits per heavy atom. The summed E-state index contributed by atoms with van der Waals surface area (Å²) in [4.78, 5) is 13.5. The van der Waals surface area contributed by atoms with Crippen molar-refractivity contribution >= 4 is 23.0 Å². The van der Waals surface area contributed by atoms with E-state index in [0.29, 0.717) is 12.3 Å².